The van der Waals surface area contributed by atoms with E-state index in [1.165, 1.54) is 48.0 Å². The van der Waals surface area contributed by atoms with E-state index in [2.05, 4.69) is 69.0 Å². The Morgan fingerprint density at radius 1 is 0.850 bits per heavy atom. The molecular weight excluding hydrogens is 310 g/mol. The number of hydrogen-bond donors (Lipinski definition) is 0. The number of aromatic nitrogens is 1. The zero-order chi connectivity index (χ0) is 13.5. The van der Waals surface area contributed by atoms with E-state index in [1.54, 1.807) is 5.56 Å². The summed E-state index contributed by atoms with van der Waals surface area (Å²) in [6, 6.07) is 17.5. The van der Waals surface area contributed by atoms with E-state index < -0.39 is 0 Å². The monoisotopic (exact) mass is 325 g/mol. The Hall–Kier alpha value is -1.54. The molecule has 0 saturated carbocycles. The van der Waals surface area contributed by atoms with Crippen molar-refractivity contribution < 1.29 is 0 Å². The van der Waals surface area contributed by atoms with E-state index in [-0.39, 0.29) is 0 Å². The predicted molar refractivity (Wildman–Crippen MR) is 87.6 cm³/mol. The number of rotatable bonds is 1. The summed E-state index contributed by atoms with van der Waals surface area (Å²) < 4.78 is 3.59. The summed E-state index contributed by atoms with van der Waals surface area (Å²) in [4.78, 5) is 0. The molecule has 1 heterocycles. The summed E-state index contributed by atoms with van der Waals surface area (Å²) in [5, 5.41) is 1.44. The van der Waals surface area contributed by atoms with E-state index >= 15 is 0 Å². The van der Waals surface area contributed by atoms with Crippen LogP contribution in [0.5, 0.6) is 0 Å². The fraction of sp³-hybridized carbons (Fsp3) is 0.222. The van der Waals surface area contributed by atoms with Gasteiger partial charge in [-0.1, -0.05) is 34.1 Å². The minimum Gasteiger partial charge on any atom is -0.313 e. The van der Waals surface area contributed by atoms with Crippen LogP contribution in [-0.2, 0) is 12.8 Å². The number of benzene rings is 2. The fourth-order valence-corrected chi connectivity index (χ4v) is 3.64. The van der Waals surface area contributed by atoms with Crippen LogP contribution in [0.25, 0.3) is 16.6 Å². The molecule has 100 valence electrons. The average molecular weight is 326 g/mol. The highest BCUT2D eigenvalue weighted by Crippen LogP contribution is 2.34. The standard InChI is InChI=1S/C18H16BrN/c19-13-9-11-14(12-10-13)20-17-7-3-1-5-15(17)16-6-2-4-8-18(16)20/h1,3,5,7,9-12H,2,4,6,8H2. The summed E-state index contributed by atoms with van der Waals surface area (Å²) in [5.74, 6) is 0. The van der Waals surface area contributed by atoms with E-state index in [0.29, 0.717) is 0 Å². The van der Waals surface area contributed by atoms with Gasteiger partial charge in [0, 0.05) is 21.2 Å². The molecule has 0 unspecified atom stereocenters. The van der Waals surface area contributed by atoms with Gasteiger partial charge in [-0.15, -0.1) is 0 Å². The first-order valence-electron chi connectivity index (χ1n) is 7.22. The van der Waals surface area contributed by atoms with Crippen molar-refractivity contribution in [3.8, 4) is 5.69 Å². The van der Waals surface area contributed by atoms with Crippen LogP contribution in [0.3, 0.4) is 0 Å². The van der Waals surface area contributed by atoms with Crippen molar-refractivity contribution in [1.82, 2.24) is 4.57 Å². The lowest BCUT2D eigenvalue weighted by molar-refractivity contribution is 0.667. The third kappa shape index (κ3) is 1.82. The number of fused-ring (bicyclic) bond motifs is 3. The molecule has 0 amide bonds. The molecule has 0 bridgehead atoms. The number of hydrogen-bond acceptors (Lipinski definition) is 0. The molecule has 2 aromatic carbocycles. The Kier molecular flexibility index (Phi) is 2.92. The molecule has 0 aliphatic heterocycles. The van der Waals surface area contributed by atoms with Gasteiger partial charge in [0.2, 0.25) is 0 Å². The van der Waals surface area contributed by atoms with Crippen LogP contribution in [0.2, 0.25) is 0 Å². The SMILES string of the molecule is Brc1ccc(-n2c3c(c4ccccc42)CCCC3)cc1. The molecule has 1 nitrogen and oxygen atoms in total. The van der Waals surface area contributed by atoms with Crippen LogP contribution >= 0.6 is 15.9 Å². The van der Waals surface area contributed by atoms with Gasteiger partial charge in [0.25, 0.3) is 0 Å². The molecule has 0 saturated heterocycles. The summed E-state index contributed by atoms with van der Waals surface area (Å²) in [7, 11) is 0. The summed E-state index contributed by atoms with van der Waals surface area (Å²) in [5.41, 5.74) is 5.70. The highest BCUT2D eigenvalue weighted by molar-refractivity contribution is 9.10. The largest absolute Gasteiger partial charge is 0.313 e. The minimum absolute atomic E-state index is 1.13. The van der Waals surface area contributed by atoms with E-state index in [9.17, 15) is 0 Å². The number of aryl methyl sites for hydroxylation is 1. The van der Waals surface area contributed by atoms with Gasteiger partial charge in [0.1, 0.15) is 0 Å². The third-order valence-electron chi connectivity index (χ3n) is 4.26. The smallest absolute Gasteiger partial charge is 0.0534 e. The molecule has 1 aliphatic rings. The highest BCUT2D eigenvalue weighted by atomic mass is 79.9. The lowest BCUT2D eigenvalue weighted by Gasteiger charge is -2.16. The van der Waals surface area contributed by atoms with Crippen molar-refractivity contribution in [3.63, 3.8) is 0 Å². The highest BCUT2D eigenvalue weighted by Gasteiger charge is 2.20. The van der Waals surface area contributed by atoms with Crippen molar-refractivity contribution in [2.24, 2.45) is 0 Å². The molecule has 3 aromatic rings. The number of nitrogens with zero attached hydrogens (tertiary/aromatic N) is 1. The summed E-state index contributed by atoms with van der Waals surface area (Å²) in [6.45, 7) is 0. The fourth-order valence-electron chi connectivity index (χ4n) is 3.38. The van der Waals surface area contributed by atoms with Crippen LogP contribution in [0.4, 0.5) is 0 Å². The molecule has 0 N–H and O–H groups in total. The predicted octanol–water partition coefficient (Wildman–Crippen LogP) is 5.27. The molecule has 0 radical (unpaired) electrons. The van der Waals surface area contributed by atoms with Gasteiger partial charge in [-0.25, -0.2) is 0 Å². The summed E-state index contributed by atoms with van der Waals surface area (Å²) >= 11 is 3.52. The van der Waals surface area contributed by atoms with Crippen molar-refractivity contribution in [2.75, 3.05) is 0 Å². The second-order valence-electron chi connectivity index (χ2n) is 5.46. The van der Waals surface area contributed by atoms with Gasteiger partial charge in [0.05, 0.1) is 5.52 Å². The lowest BCUT2D eigenvalue weighted by atomic mass is 9.95. The van der Waals surface area contributed by atoms with Gasteiger partial charge >= 0.3 is 0 Å². The molecule has 0 fully saturated rings. The third-order valence-corrected chi connectivity index (χ3v) is 4.79. The first-order chi connectivity index (χ1) is 9.84. The molecule has 2 heteroatoms. The maximum Gasteiger partial charge on any atom is 0.0534 e. The second-order valence-corrected chi connectivity index (χ2v) is 6.38. The van der Waals surface area contributed by atoms with Crippen LogP contribution < -0.4 is 0 Å². The van der Waals surface area contributed by atoms with Gasteiger partial charge in [-0.2, -0.15) is 0 Å². The van der Waals surface area contributed by atoms with Gasteiger partial charge in [-0.3, -0.25) is 0 Å². The Bertz CT molecular complexity index is 768. The molecular formula is C18H16BrN. The van der Waals surface area contributed by atoms with Crippen molar-refractivity contribution >= 4 is 26.8 Å². The molecule has 0 spiro atoms. The Morgan fingerprint density at radius 3 is 2.45 bits per heavy atom. The maximum absolute atomic E-state index is 3.52. The van der Waals surface area contributed by atoms with Crippen molar-refractivity contribution in [3.05, 3.63) is 64.3 Å². The zero-order valence-electron chi connectivity index (χ0n) is 11.3. The minimum atomic E-state index is 1.13. The lowest BCUT2D eigenvalue weighted by Crippen LogP contribution is -2.06. The molecule has 4 rings (SSSR count). The maximum atomic E-state index is 3.52. The normalized spacial score (nSPS) is 14.4. The molecule has 20 heavy (non-hydrogen) atoms. The number of halogens is 1. The van der Waals surface area contributed by atoms with Crippen LogP contribution in [0, 0.1) is 0 Å². The topological polar surface area (TPSA) is 4.93 Å². The van der Waals surface area contributed by atoms with E-state index in [1.807, 2.05) is 0 Å². The molecule has 1 aromatic heterocycles. The van der Waals surface area contributed by atoms with Crippen molar-refractivity contribution in [2.45, 2.75) is 25.7 Å². The van der Waals surface area contributed by atoms with Crippen LogP contribution in [0.15, 0.2) is 53.0 Å². The van der Waals surface area contributed by atoms with E-state index in [4.69, 9.17) is 0 Å². The zero-order valence-corrected chi connectivity index (χ0v) is 12.9. The van der Waals surface area contributed by atoms with Gasteiger partial charge < -0.3 is 4.57 Å². The molecule has 0 atom stereocenters. The second kappa shape index (κ2) is 4.78. The Balaban J connectivity index is 2.05. The Labute approximate surface area is 127 Å². The number of para-hydroxylation sites is 1. The van der Waals surface area contributed by atoms with E-state index in [0.717, 1.165) is 4.47 Å². The van der Waals surface area contributed by atoms with Gasteiger partial charge in [0.15, 0.2) is 0 Å². The molecule has 1 aliphatic carbocycles. The van der Waals surface area contributed by atoms with Crippen LogP contribution in [-0.4, -0.2) is 4.57 Å². The van der Waals surface area contributed by atoms with Crippen LogP contribution in [0.1, 0.15) is 24.1 Å². The average Bonchev–Trinajstić information content (AvgIpc) is 2.83. The quantitative estimate of drug-likeness (QED) is 0.574. The first-order valence-corrected chi connectivity index (χ1v) is 8.01. The Morgan fingerprint density at radius 2 is 1.60 bits per heavy atom. The van der Waals surface area contributed by atoms with Gasteiger partial charge in [-0.05, 0) is 61.6 Å². The first kappa shape index (κ1) is 12.2. The van der Waals surface area contributed by atoms with Crippen molar-refractivity contribution in [1.29, 1.82) is 0 Å². The summed E-state index contributed by atoms with van der Waals surface area (Å²) in [6.07, 6.45) is 5.04.